The highest BCUT2D eigenvalue weighted by Crippen LogP contribution is 2.35. The van der Waals surface area contributed by atoms with Crippen LogP contribution in [0.25, 0.3) is 0 Å². The van der Waals surface area contributed by atoms with Crippen LogP contribution in [0.15, 0.2) is 36.4 Å². The zero-order valence-electron chi connectivity index (χ0n) is 14.7. The molecular weight excluding hydrogens is 338 g/mol. The number of hydrogen-bond donors (Lipinski definition) is 1. The molecule has 0 saturated heterocycles. The van der Waals surface area contributed by atoms with Crippen molar-refractivity contribution in [3.8, 4) is 28.7 Å². The molecule has 0 saturated carbocycles. The number of ether oxygens (including phenoxy) is 5. The smallest absolute Gasteiger partial charge is 0.262 e. The highest BCUT2D eigenvalue weighted by molar-refractivity contribution is 5.93. The number of amides is 1. The SMILES string of the molecule is CCOc1ccc(OCC)c(NC(=O)COc2ccc3c(c2)OCO3)c1. The maximum Gasteiger partial charge on any atom is 0.262 e. The van der Waals surface area contributed by atoms with Crippen molar-refractivity contribution in [2.45, 2.75) is 13.8 Å². The minimum Gasteiger partial charge on any atom is -0.494 e. The van der Waals surface area contributed by atoms with E-state index in [4.69, 9.17) is 23.7 Å². The monoisotopic (exact) mass is 359 g/mol. The van der Waals surface area contributed by atoms with Gasteiger partial charge in [0.1, 0.15) is 17.2 Å². The topological polar surface area (TPSA) is 75.3 Å². The quantitative estimate of drug-likeness (QED) is 0.780. The summed E-state index contributed by atoms with van der Waals surface area (Å²) in [4.78, 5) is 12.3. The predicted octanol–water partition coefficient (Wildman–Crippen LogP) is 3.23. The maximum atomic E-state index is 12.3. The molecule has 0 spiro atoms. The number of anilines is 1. The largest absolute Gasteiger partial charge is 0.494 e. The molecule has 7 nitrogen and oxygen atoms in total. The second-order valence-electron chi connectivity index (χ2n) is 5.38. The van der Waals surface area contributed by atoms with Crippen molar-refractivity contribution in [2.24, 2.45) is 0 Å². The zero-order chi connectivity index (χ0) is 18.4. The first-order chi connectivity index (χ1) is 12.7. The van der Waals surface area contributed by atoms with Crippen LogP contribution in [0.4, 0.5) is 5.69 Å². The zero-order valence-corrected chi connectivity index (χ0v) is 14.7. The minimum absolute atomic E-state index is 0.149. The Balaban J connectivity index is 1.62. The number of benzene rings is 2. The highest BCUT2D eigenvalue weighted by Gasteiger charge is 2.15. The lowest BCUT2D eigenvalue weighted by Crippen LogP contribution is -2.20. The minimum atomic E-state index is -0.308. The van der Waals surface area contributed by atoms with Crippen molar-refractivity contribution in [3.63, 3.8) is 0 Å². The fraction of sp³-hybridized carbons (Fsp3) is 0.316. The van der Waals surface area contributed by atoms with Gasteiger partial charge >= 0.3 is 0 Å². The first-order valence-electron chi connectivity index (χ1n) is 8.41. The van der Waals surface area contributed by atoms with Crippen LogP contribution in [0.3, 0.4) is 0 Å². The van der Waals surface area contributed by atoms with Crippen LogP contribution in [0.2, 0.25) is 0 Å². The summed E-state index contributed by atoms with van der Waals surface area (Å²) < 4.78 is 27.1. The van der Waals surface area contributed by atoms with Crippen LogP contribution < -0.4 is 29.0 Å². The van der Waals surface area contributed by atoms with E-state index in [2.05, 4.69) is 5.32 Å². The average Bonchev–Trinajstić information content (AvgIpc) is 3.10. The molecule has 7 heteroatoms. The van der Waals surface area contributed by atoms with Gasteiger partial charge < -0.3 is 29.0 Å². The Kier molecular flexibility index (Phi) is 5.68. The van der Waals surface area contributed by atoms with E-state index in [1.165, 1.54) is 0 Å². The van der Waals surface area contributed by atoms with Crippen LogP contribution in [0.1, 0.15) is 13.8 Å². The third kappa shape index (κ3) is 4.30. The van der Waals surface area contributed by atoms with E-state index in [0.29, 0.717) is 47.6 Å². The Morgan fingerprint density at radius 2 is 1.69 bits per heavy atom. The molecule has 1 N–H and O–H groups in total. The number of carbonyl (C=O) groups excluding carboxylic acids is 1. The Bertz CT molecular complexity index is 777. The van der Waals surface area contributed by atoms with Gasteiger partial charge in [0.25, 0.3) is 5.91 Å². The van der Waals surface area contributed by atoms with Crippen LogP contribution in [-0.4, -0.2) is 32.5 Å². The Morgan fingerprint density at radius 1 is 0.962 bits per heavy atom. The van der Waals surface area contributed by atoms with E-state index in [0.717, 1.165) is 0 Å². The summed E-state index contributed by atoms with van der Waals surface area (Å²) in [6.45, 7) is 4.84. The number of fused-ring (bicyclic) bond motifs is 1. The van der Waals surface area contributed by atoms with Gasteiger partial charge in [0.2, 0.25) is 6.79 Å². The number of rotatable bonds is 8. The molecule has 0 radical (unpaired) electrons. The molecule has 0 aromatic heterocycles. The van der Waals surface area contributed by atoms with Crippen molar-refractivity contribution in [1.82, 2.24) is 0 Å². The van der Waals surface area contributed by atoms with Gasteiger partial charge in [-0.25, -0.2) is 0 Å². The molecule has 1 aliphatic heterocycles. The second kappa shape index (κ2) is 8.33. The summed E-state index contributed by atoms with van der Waals surface area (Å²) in [7, 11) is 0. The summed E-state index contributed by atoms with van der Waals surface area (Å²) in [5.41, 5.74) is 0.539. The van der Waals surface area contributed by atoms with Crippen molar-refractivity contribution >= 4 is 11.6 Å². The first-order valence-corrected chi connectivity index (χ1v) is 8.41. The standard InChI is InChI=1S/C19H21NO6/c1-3-22-13-5-7-16(23-4-2)15(9-13)20-19(21)11-24-14-6-8-17-18(10-14)26-12-25-17/h5-10H,3-4,11-12H2,1-2H3,(H,20,21). The van der Waals surface area contributed by atoms with E-state index in [1.54, 1.807) is 36.4 Å². The second-order valence-corrected chi connectivity index (χ2v) is 5.38. The molecule has 0 aliphatic carbocycles. The van der Waals surface area contributed by atoms with Crippen molar-refractivity contribution < 1.29 is 28.5 Å². The summed E-state index contributed by atoms with van der Waals surface area (Å²) in [6, 6.07) is 10.5. The van der Waals surface area contributed by atoms with E-state index >= 15 is 0 Å². The summed E-state index contributed by atoms with van der Waals surface area (Å²) in [6.07, 6.45) is 0. The van der Waals surface area contributed by atoms with E-state index in [-0.39, 0.29) is 19.3 Å². The Labute approximate surface area is 151 Å². The Morgan fingerprint density at radius 3 is 2.50 bits per heavy atom. The van der Waals surface area contributed by atoms with Gasteiger partial charge in [0, 0.05) is 12.1 Å². The molecule has 2 aromatic rings. The average molecular weight is 359 g/mol. The lowest BCUT2D eigenvalue weighted by molar-refractivity contribution is -0.118. The number of carbonyl (C=O) groups is 1. The molecule has 0 fully saturated rings. The van der Waals surface area contributed by atoms with Crippen molar-refractivity contribution in [3.05, 3.63) is 36.4 Å². The van der Waals surface area contributed by atoms with E-state index in [1.807, 2.05) is 13.8 Å². The Hall–Kier alpha value is -3.09. The fourth-order valence-electron chi connectivity index (χ4n) is 2.45. The lowest BCUT2D eigenvalue weighted by atomic mass is 10.2. The molecule has 26 heavy (non-hydrogen) atoms. The van der Waals surface area contributed by atoms with Gasteiger partial charge in [-0.3, -0.25) is 4.79 Å². The molecule has 0 bridgehead atoms. The molecule has 1 amide bonds. The van der Waals surface area contributed by atoms with Crippen molar-refractivity contribution in [1.29, 1.82) is 0 Å². The van der Waals surface area contributed by atoms with Crippen LogP contribution in [0.5, 0.6) is 28.7 Å². The molecule has 0 unspecified atom stereocenters. The number of nitrogens with one attached hydrogen (secondary N) is 1. The van der Waals surface area contributed by atoms with Crippen LogP contribution in [-0.2, 0) is 4.79 Å². The maximum absolute atomic E-state index is 12.3. The van der Waals surface area contributed by atoms with Crippen molar-refractivity contribution in [2.75, 3.05) is 31.9 Å². The van der Waals surface area contributed by atoms with Gasteiger partial charge in [-0.1, -0.05) is 0 Å². The normalized spacial score (nSPS) is 11.8. The predicted molar refractivity (Wildman–Crippen MR) is 95.5 cm³/mol. The van der Waals surface area contributed by atoms with Crippen LogP contribution >= 0.6 is 0 Å². The summed E-state index contributed by atoms with van der Waals surface area (Å²) >= 11 is 0. The molecule has 2 aromatic carbocycles. The summed E-state index contributed by atoms with van der Waals surface area (Å²) in [5.74, 6) is 2.71. The summed E-state index contributed by atoms with van der Waals surface area (Å²) in [5, 5.41) is 2.79. The third-order valence-electron chi connectivity index (χ3n) is 3.55. The van der Waals surface area contributed by atoms with E-state index < -0.39 is 0 Å². The van der Waals surface area contributed by atoms with Gasteiger partial charge in [-0.2, -0.15) is 0 Å². The highest BCUT2D eigenvalue weighted by atomic mass is 16.7. The molecule has 1 heterocycles. The number of hydrogen-bond acceptors (Lipinski definition) is 6. The van der Waals surface area contributed by atoms with Crippen LogP contribution in [0, 0.1) is 0 Å². The molecule has 3 rings (SSSR count). The van der Waals surface area contributed by atoms with Gasteiger partial charge in [0.05, 0.1) is 18.9 Å². The third-order valence-corrected chi connectivity index (χ3v) is 3.55. The molecule has 0 atom stereocenters. The fourth-order valence-corrected chi connectivity index (χ4v) is 2.45. The van der Waals surface area contributed by atoms with Gasteiger partial charge in [0.15, 0.2) is 18.1 Å². The first kappa shape index (κ1) is 17.7. The molecule has 1 aliphatic rings. The van der Waals surface area contributed by atoms with Gasteiger partial charge in [-0.05, 0) is 38.1 Å². The molecular formula is C19H21NO6. The lowest BCUT2D eigenvalue weighted by Gasteiger charge is -2.14. The van der Waals surface area contributed by atoms with Gasteiger partial charge in [-0.15, -0.1) is 0 Å². The van der Waals surface area contributed by atoms with E-state index in [9.17, 15) is 4.79 Å². The molecule has 138 valence electrons.